The second-order valence-electron chi connectivity index (χ2n) is 8.35. The van der Waals surface area contributed by atoms with Crippen molar-refractivity contribution in [1.29, 1.82) is 0 Å². The predicted molar refractivity (Wildman–Crippen MR) is 124 cm³/mol. The Labute approximate surface area is 178 Å². The van der Waals surface area contributed by atoms with E-state index >= 15 is 0 Å². The van der Waals surface area contributed by atoms with Crippen LogP contribution in [0.2, 0.25) is 0 Å². The monoisotopic (exact) mass is 393 g/mol. The molecule has 0 saturated heterocycles. The van der Waals surface area contributed by atoms with Crippen molar-refractivity contribution in [3.05, 3.63) is 100 Å². The van der Waals surface area contributed by atoms with Crippen molar-refractivity contribution in [3.63, 3.8) is 0 Å². The third-order valence-electron chi connectivity index (χ3n) is 6.26. The number of benzene rings is 2. The number of rotatable bonds is 3. The van der Waals surface area contributed by atoms with Crippen molar-refractivity contribution in [2.75, 3.05) is 0 Å². The van der Waals surface area contributed by atoms with Gasteiger partial charge in [0.25, 0.3) is 0 Å². The zero-order chi connectivity index (χ0) is 20.8. The van der Waals surface area contributed by atoms with Crippen molar-refractivity contribution in [2.45, 2.75) is 46.6 Å². The molecule has 1 aliphatic carbocycles. The summed E-state index contributed by atoms with van der Waals surface area (Å²) in [5.74, 6) is 1.10. The lowest BCUT2D eigenvalue weighted by molar-refractivity contribution is 0.744. The summed E-state index contributed by atoms with van der Waals surface area (Å²) in [6.07, 6.45) is 2.99. The van der Waals surface area contributed by atoms with Crippen LogP contribution in [0, 0.1) is 13.8 Å². The molecule has 0 saturated carbocycles. The number of imidazole rings is 1. The second-order valence-corrected chi connectivity index (χ2v) is 8.35. The molecule has 150 valence electrons. The number of fused-ring (bicyclic) bond motifs is 3. The van der Waals surface area contributed by atoms with Gasteiger partial charge in [0, 0.05) is 12.1 Å². The van der Waals surface area contributed by atoms with Crippen LogP contribution in [0.3, 0.4) is 0 Å². The Morgan fingerprint density at radius 1 is 0.933 bits per heavy atom. The first-order valence-electron chi connectivity index (χ1n) is 10.8. The highest BCUT2D eigenvalue weighted by molar-refractivity contribution is 5.82. The molecule has 4 aromatic rings. The Balaban J connectivity index is 1.56. The summed E-state index contributed by atoms with van der Waals surface area (Å²) >= 11 is 0. The average molecular weight is 394 g/mol. The molecule has 2 heterocycles. The summed E-state index contributed by atoms with van der Waals surface area (Å²) in [6, 6.07) is 17.6. The molecule has 2 aromatic heterocycles. The summed E-state index contributed by atoms with van der Waals surface area (Å²) in [4.78, 5) is 9.73. The largest absolute Gasteiger partial charge is 0.308 e. The van der Waals surface area contributed by atoms with Gasteiger partial charge in [-0.25, -0.2) is 9.97 Å². The van der Waals surface area contributed by atoms with Crippen LogP contribution in [-0.2, 0) is 25.8 Å². The molecule has 0 aliphatic heterocycles. The molecule has 0 bridgehead atoms. The van der Waals surface area contributed by atoms with E-state index in [0.717, 1.165) is 54.1 Å². The maximum absolute atomic E-state index is 4.90. The van der Waals surface area contributed by atoms with Gasteiger partial charge in [0.05, 0.1) is 6.54 Å². The van der Waals surface area contributed by atoms with Crippen molar-refractivity contribution in [1.82, 2.24) is 14.5 Å². The van der Waals surface area contributed by atoms with Gasteiger partial charge in [-0.3, -0.25) is 0 Å². The van der Waals surface area contributed by atoms with Crippen molar-refractivity contribution >= 4 is 16.7 Å². The smallest absolute Gasteiger partial charge is 0.160 e. The fraction of sp³-hybridized carbons (Fsp3) is 0.259. The molecule has 0 radical (unpaired) electrons. The van der Waals surface area contributed by atoms with Crippen LogP contribution in [-0.4, -0.2) is 14.5 Å². The van der Waals surface area contributed by atoms with Crippen LogP contribution in [0.1, 0.15) is 51.8 Å². The first-order valence-corrected chi connectivity index (χ1v) is 10.8. The van der Waals surface area contributed by atoms with Gasteiger partial charge in [0.1, 0.15) is 11.3 Å². The Bertz CT molecular complexity index is 1290. The summed E-state index contributed by atoms with van der Waals surface area (Å²) in [7, 11) is 0. The van der Waals surface area contributed by atoms with Crippen molar-refractivity contribution < 1.29 is 0 Å². The Morgan fingerprint density at radius 2 is 1.70 bits per heavy atom. The normalized spacial score (nSPS) is 13.2. The van der Waals surface area contributed by atoms with E-state index in [2.05, 4.69) is 80.4 Å². The first kappa shape index (κ1) is 18.8. The highest BCUT2D eigenvalue weighted by atomic mass is 15.1. The van der Waals surface area contributed by atoms with Crippen LogP contribution in [0.4, 0.5) is 0 Å². The van der Waals surface area contributed by atoms with Crippen LogP contribution in [0.5, 0.6) is 0 Å². The molecule has 1 aliphatic rings. The molecular formula is C27H27N3. The minimum Gasteiger partial charge on any atom is -0.308 e. The zero-order valence-electron chi connectivity index (χ0n) is 18.0. The van der Waals surface area contributed by atoms with Gasteiger partial charge < -0.3 is 4.57 Å². The minimum atomic E-state index is 0.794. The molecular weight excluding hydrogens is 366 g/mol. The molecule has 0 spiro atoms. The topological polar surface area (TPSA) is 30.7 Å². The quantitative estimate of drug-likeness (QED) is 0.439. The van der Waals surface area contributed by atoms with Crippen LogP contribution in [0.15, 0.2) is 55.1 Å². The maximum Gasteiger partial charge on any atom is 0.160 e. The molecule has 0 unspecified atom stereocenters. The summed E-state index contributed by atoms with van der Waals surface area (Å²) in [5.41, 5.74) is 12.0. The van der Waals surface area contributed by atoms with Gasteiger partial charge in [0.2, 0.25) is 0 Å². The lowest BCUT2D eigenvalue weighted by Crippen LogP contribution is -2.06. The molecule has 3 heteroatoms. The summed E-state index contributed by atoms with van der Waals surface area (Å²) in [5, 5.41) is 0. The first-order chi connectivity index (χ1) is 14.5. The zero-order valence-corrected chi connectivity index (χ0v) is 18.0. The Kier molecular flexibility index (Phi) is 4.54. The van der Waals surface area contributed by atoms with E-state index in [1.54, 1.807) is 0 Å². The average Bonchev–Trinajstić information content (AvgIpc) is 3.02. The molecule has 30 heavy (non-hydrogen) atoms. The van der Waals surface area contributed by atoms with E-state index in [9.17, 15) is 0 Å². The van der Waals surface area contributed by atoms with E-state index in [1.807, 2.05) is 0 Å². The van der Waals surface area contributed by atoms with E-state index in [1.165, 1.54) is 33.4 Å². The number of hydrogen-bond acceptors (Lipinski definition) is 2. The minimum absolute atomic E-state index is 0.794. The highest BCUT2D eigenvalue weighted by Crippen LogP contribution is 2.33. The third kappa shape index (κ3) is 3.06. The molecule has 0 atom stereocenters. The van der Waals surface area contributed by atoms with E-state index < -0.39 is 0 Å². The van der Waals surface area contributed by atoms with E-state index in [4.69, 9.17) is 9.97 Å². The number of aryl methyl sites for hydroxylation is 5. The molecule has 5 rings (SSSR count). The fourth-order valence-corrected chi connectivity index (χ4v) is 4.76. The van der Waals surface area contributed by atoms with Crippen molar-refractivity contribution in [2.24, 2.45) is 0 Å². The van der Waals surface area contributed by atoms with Crippen LogP contribution < -0.4 is 0 Å². The lowest BCUT2D eigenvalue weighted by atomic mass is 9.94. The number of pyridine rings is 1. The standard InChI is InChI=1S/C27H27N3/c1-5-25-29-26-17(2)14-18(3)28-27(26)30(25)16-20-10-13-24-19(4)23-9-7-6-8-21(23)11-12-22(24)15-20/h6-10,13-15H,4-5,11-12,16H2,1-3H3. The molecule has 0 N–H and O–H groups in total. The van der Waals surface area contributed by atoms with E-state index in [-0.39, 0.29) is 0 Å². The van der Waals surface area contributed by atoms with Gasteiger partial charge in [-0.2, -0.15) is 0 Å². The van der Waals surface area contributed by atoms with Gasteiger partial charge in [0.15, 0.2) is 5.65 Å². The lowest BCUT2D eigenvalue weighted by Gasteiger charge is -2.13. The molecule has 3 nitrogen and oxygen atoms in total. The third-order valence-corrected chi connectivity index (χ3v) is 6.26. The second kappa shape index (κ2) is 7.24. The number of hydrogen-bond donors (Lipinski definition) is 0. The Hall–Kier alpha value is -3.20. The summed E-state index contributed by atoms with van der Waals surface area (Å²) in [6.45, 7) is 11.6. The van der Waals surface area contributed by atoms with Gasteiger partial charge in [-0.05, 0) is 71.7 Å². The maximum atomic E-state index is 4.90. The molecule has 0 fully saturated rings. The SMILES string of the molecule is C=C1c2ccccc2CCc2cc(Cn3c(CC)nc4c(C)cc(C)nc43)ccc21. The van der Waals surface area contributed by atoms with Crippen molar-refractivity contribution in [3.8, 4) is 0 Å². The van der Waals surface area contributed by atoms with Crippen LogP contribution in [0.25, 0.3) is 16.7 Å². The molecule has 2 aromatic carbocycles. The van der Waals surface area contributed by atoms with Gasteiger partial charge in [-0.1, -0.05) is 56.0 Å². The fourth-order valence-electron chi connectivity index (χ4n) is 4.76. The Morgan fingerprint density at radius 3 is 2.53 bits per heavy atom. The molecule has 0 amide bonds. The van der Waals surface area contributed by atoms with Gasteiger partial charge in [-0.15, -0.1) is 0 Å². The number of nitrogens with zero attached hydrogens (tertiary/aromatic N) is 3. The van der Waals surface area contributed by atoms with Crippen LogP contribution >= 0.6 is 0 Å². The highest BCUT2D eigenvalue weighted by Gasteiger charge is 2.18. The van der Waals surface area contributed by atoms with E-state index in [0.29, 0.717) is 0 Å². The summed E-state index contributed by atoms with van der Waals surface area (Å²) < 4.78 is 2.29. The van der Waals surface area contributed by atoms with Gasteiger partial charge >= 0.3 is 0 Å². The predicted octanol–water partition coefficient (Wildman–Crippen LogP) is 5.82. The number of aromatic nitrogens is 3.